The van der Waals surface area contributed by atoms with Crippen LogP contribution in [-0.2, 0) is 9.59 Å². The molecule has 0 amide bonds. The van der Waals surface area contributed by atoms with Gasteiger partial charge < -0.3 is 4.74 Å². The molecule has 0 fully saturated rings. The third-order valence-electron chi connectivity index (χ3n) is 1.13. The summed E-state index contributed by atoms with van der Waals surface area (Å²) in [5.74, 6) is -1.28. The summed E-state index contributed by atoms with van der Waals surface area (Å²) >= 11 is 0. The first-order valence-corrected chi connectivity index (χ1v) is 3.15. The van der Waals surface area contributed by atoms with Crippen LogP contribution >= 0.6 is 0 Å². The second kappa shape index (κ2) is 3.61. The molecule has 0 saturated carbocycles. The number of rotatable bonds is 2. The first-order valence-electron chi connectivity index (χ1n) is 3.15. The molecular weight excluding hydrogens is 163 g/mol. The summed E-state index contributed by atoms with van der Waals surface area (Å²) in [7, 11) is 0. The van der Waals surface area contributed by atoms with Crippen molar-refractivity contribution in [3.05, 3.63) is 30.1 Å². The molecule has 1 rings (SSSR count). The largest absolute Gasteiger partial charge is 0.421 e. The maximum atomic E-state index is 12.3. The van der Waals surface area contributed by atoms with Crippen molar-refractivity contribution >= 4 is 12.3 Å². The minimum atomic E-state index is -0.999. The van der Waals surface area contributed by atoms with Gasteiger partial charge in [-0.3, -0.25) is 4.79 Å². The summed E-state index contributed by atoms with van der Waals surface area (Å²) in [4.78, 5) is 20.2. The predicted octanol–water partition coefficient (Wildman–Crippen LogP) is 0.930. The van der Waals surface area contributed by atoms with E-state index < -0.39 is 11.8 Å². The summed E-state index contributed by atoms with van der Waals surface area (Å²) in [6.07, 6.45) is 0.0450. The first kappa shape index (κ1) is 8.39. The molecule has 0 spiro atoms. The fourth-order valence-electron chi connectivity index (χ4n) is 0.643. The van der Waals surface area contributed by atoms with E-state index in [0.717, 1.165) is 12.1 Å². The molecule has 12 heavy (non-hydrogen) atoms. The number of hydrogen-bond acceptors (Lipinski definition) is 3. The summed E-state index contributed by atoms with van der Waals surface area (Å²) < 4.78 is 16.7. The van der Waals surface area contributed by atoms with Gasteiger partial charge in [0, 0.05) is 0 Å². The lowest BCUT2D eigenvalue weighted by Crippen LogP contribution is -2.08. The molecule has 0 N–H and O–H groups in total. The molecule has 0 aromatic heterocycles. The normalized spacial score (nSPS) is 9.08. The van der Waals surface area contributed by atoms with Gasteiger partial charge >= 0.3 is 5.97 Å². The zero-order valence-electron chi connectivity index (χ0n) is 5.99. The lowest BCUT2D eigenvalue weighted by molar-refractivity contribution is -0.141. The van der Waals surface area contributed by atoms with E-state index in [1.807, 2.05) is 0 Å². The Hall–Kier alpha value is -1.71. The third-order valence-corrected chi connectivity index (χ3v) is 1.13. The average Bonchev–Trinajstić information content (AvgIpc) is 2.09. The van der Waals surface area contributed by atoms with E-state index in [9.17, 15) is 14.0 Å². The van der Waals surface area contributed by atoms with Crippen LogP contribution < -0.4 is 4.74 Å². The second-order valence-corrected chi connectivity index (χ2v) is 1.99. The van der Waals surface area contributed by atoms with Crippen LogP contribution in [0.2, 0.25) is 0 Å². The topological polar surface area (TPSA) is 43.4 Å². The Morgan fingerprint density at radius 1 is 1.33 bits per heavy atom. The molecule has 0 aliphatic carbocycles. The number of aldehydes is 1. The molecule has 0 heterocycles. The minimum Gasteiger partial charge on any atom is -0.421 e. The quantitative estimate of drug-likeness (QED) is 0.285. The fourth-order valence-corrected chi connectivity index (χ4v) is 0.643. The maximum absolute atomic E-state index is 12.3. The zero-order valence-corrected chi connectivity index (χ0v) is 5.99. The maximum Gasteiger partial charge on any atom is 0.376 e. The lowest BCUT2D eigenvalue weighted by Gasteiger charge is -1.97. The van der Waals surface area contributed by atoms with Gasteiger partial charge in [0.25, 0.3) is 0 Å². The number of benzene rings is 1. The second-order valence-electron chi connectivity index (χ2n) is 1.99. The number of hydrogen-bond donors (Lipinski definition) is 0. The Morgan fingerprint density at radius 3 is 2.42 bits per heavy atom. The molecular formula is C8H5FO3. The first-order chi connectivity index (χ1) is 5.72. The summed E-state index contributed by atoms with van der Waals surface area (Å²) in [6.45, 7) is 0. The lowest BCUT2D eigenvalue weighted by atomic mass is 10.3. The van der Waals surface area contributed by atoms with Gasteiger partial charge in [-0.2, -0.15) is 0 Å². The van der Waals surface area contributed by atoms with Crippen molar-refractivity contribution in [3.63, 3.8) is 0 Å². The number of carbonyl (C=O) groups is 2. The Balaban J connectivity index is 2.71. The number of halogens is 1. The molecule has 4 heteroatoms. The molecule has 1 aromatic rings. The standard InChI is InChI=1S/C8H5FO3/c9-6-1-3-7(4-2-6)12-8(11)5-10/h1-5H. The van der Waals surface area contributed by atoms with E-state index in [2.05, 4.69) is 4.74 Å². The third kappa shape index (κ3) is 2.16. The molecule has 0 aliphatic rings. The van der Waals surface area contributed by atoms with Crippen LogP contribution in [0.1, 0.15) is 0 Å². The fraction of sp³-hybridized carbons (Fsp3) is 0. The highest BCUT2D eigenvalue weighted by molar-refractivity contribution is 6.21. The molecule has 0 unspecified atom stereocenters. The van der Waals surface area contributed by atoms with Gasteiger partial charge in [-0.1, -0.05) is 0 Å². The van der Waals surface area contributed by atoms with E-state index in [0.29, 0.717) is 0 Å². The van der Waals surface area contributed by atoms with Crippen molar-refractivity contribution in [2.75, 3.05) is 0 Å². The highest BCUT2D eigenvalue weighted by Gasteiger charge is 2.00. The van der Waals surface area contributed by atoms with Gasteiger partial charge in [-0.25, -0.2) is 9.18 Å². The molecule has 3 nitrogen and oxygen atoms in total. The van der Waals surface area contributed by atoms with Crippen LogP contribution in [0.25, 0.3) is 0 Å². The molecule has 1 aromatic carbocycles. The predicted molar refractivity (Wildman–Crippen MR) is 38.1 cm³/mol. The smallest absolute Gasteiger partial charge is 0.376 e. The van der Waals surface area contributed by atoms with E-state index in [1.54, 1.807) is 0 Å². The zero-order chi connectivity index (χ0) is 8.97. The highest BCUT2D eigenvalue weighted by Crippen LogP contribution is 2.10. The van der Waals surface area contributed by atoms with Gasteiger partial charge in [0.2, 0.25) is 6.29 Å². The van der Waals surface area contributed by atoms with Gasteiger partial charge in [0.1, 0.15) is 11.6 Å². The van der Waals surface area contributed by atoms with Crippen LogP contribution in [-0.4, -0.2) is 12.3 Å². The van der Waals surface area contributed by atoms with Crippen molar-refractivity contribution in [1.29, 1.82) is 0 Å². The van der Waals surface area contributed by atoms with Crippen LogP contribution in [0.3, 0.4) is 0 Å². The van der Waals surface area contributed by atoms with Crippen molar-refractivity contribution in [1.82, 2.24) is 0 Å². The van der Waals surface area contributed by atoms with Crippen molar-refractivity contribution in [2.45, 2.75) is 0 Å². The molecule has 0 bridgehead atoms. The van der Waals surface area contributed by atoms with Crippen LogP contribution in [0, 0.1) is 5.82 Å². The van der Waals surface area contributed by atoms with E-state index in [-0.39, 0.29) is 12.0 Å². The van der Waals surface area contributed by atoms with Gasteiger partial charge in [0.15, 0.2) is 0 Å². The average molecular weight is 168 g/mol. The Morgan fingerprint density at radius 2 is 1.92 bits per heavy atom. The van der Waals surface area contributed by atoms with Crippen molar-refractivity contribution in [3.8, 4) is 5.75 Å². The van der Waals surface area contributed by atoms with E-state index >= 15 is 0 Å². The van der Waals surface area contributed by atoms with Crippen LogP contribution in [0.15, 0.2) is 24.3 Å². The van der Waals surface area contributed by atoms with Gasteiger partial charge in [-0.05, 0) is 24.3 Å². The number of carbonyl (C=O) groups excluding carboxylic acids is 2. The Bertz CT molecular complexity index is 292. The van der Waals surface area contributed by atoms with Crippen LogP contribution in [0.4, 0.5) is 4.39 Å². The SMILES string of the molecule is O=CC(=O)Oc1ccc(F)cc1. The summed E-state index contributed by atoms with van der Waals surface area (Å²) in [5.41, 5.74) is 0. The van der Waals surface area contributed by atoms with Gasteiger partial charge in [-0.15, -0.1) is 0 Å². The van der Waals surface area contributed by atoms with E-state index in [1.165, 1.54) is 12.1 Å². The Kier molecular flexibility index (Phi) is 2.53. The molecule has 0 aliphatic heterocycles. The molecule has 0 saturated heterocycles. The number of esters is 1. The summed E-state index contributed by atoms with van der Waals surface area (Å²) in [5, 5.41) is 0. The van der Waals surface area contributed by atoms with Gasteiger partial charge in [0.05, 0.1) is 0 Å². The highest BCUT2D eigenvalue weighted by atomic mass is 19.1. The molecule has 0 radical (unpaired) electrons. The monoisotopic (exact) mass is 168 g/mol. The molecule has 62 valence electrons. The molecule has 0 atom stereocenters. The number of ether oxygens (including phenoxy) is 1. The van der Waals surface area contributed by atoms with Crippen molar-refractivity contribution in [2.24, 2.45) is 0 Å². The Labute approximate surface area is 67.8 Å². The minimum absolute atomic E-state index is 0.0450. The van der Waals surface area contributed by atoms with Crippen LogP contribution in [0.5, 0.6) is 5.75 Å². The van der Waals surface area contributed by atoms with E-state index in [4.69, 9.17) is 0 Å². The van der Waals surface area contributed by atoms with Crippen molar-refractivity contribution < 1.29 is 18.7 Å². The summed E-state index contributed by atoms with van der Waals surface area (Å²) in [6, 6.07) is 4.79.